The fourth-order valence-corrected chi connectivity index (χ4v) is 3.43. The fourth-order valence-electron chi connectivity index (χ4n) is 2.63. The summed E-state index contributed by atoms with van der Waals surface area (Å²) in [5.74, 6) is -1.01. The average Bonchev–Trinajstić information content (AvgIpc) is 2.66. The Morgan fingerprint density at radius 1 is 1.26 bits per heavy atom. The summed E-state index contributed by atoms with van der Waals surface area (Å²) in [4.78, 5) is 12.3. The molecule has 2 aromatic carbocycles. The first-order chi connectivity index (χ1) is 14.3. The number of sulfonamides is 1. The third kappa shape index (κ3) is 7.15. The minimum Gasteiger partial charge on any atom is -0.470 e. The van der Waals surface area contributed by atoms with Gasteiger partial charge < -0.3 is 10.1 Å². The van der Waals surface area contributed by atoms with E-state index in [1.165, 1.54) is 6.07 Å². The number of nitrogens with one attached hydrogen (secondary N) is 2. The summed E-state index contributed by atoms with van der Waals surface area (Å²) in [6.45, 7) is 6.15. The number of hydrogen-bond acceptors (Lipinski definition) is 6. The number of rotatable bonds is 7. The fraction of sp³-hybridized carbons (Fsp3) is 0.333. The molecule has 0 bridgehead atoms. The Hall–Kier alpha value is -2.77. The van der Waals surface area contributed by atoms with Crippen molar-refractivity contribution in [2.45, 2.75) is 38.2 Å². The molecule has 0 aliphatic heterocycles. The van der Waals surface area contributed by atoms with Gasteiger partial charge in [-0.15, -0.1) is 12.6 Å². The van der Waals surface area contributed by atoms with Crippen LogP contribution in [0.3, 0.4) is 0 Å². The lowest BCUT2D eigenvalue weighted by Crippen LogP contribution is -2.34. The normalized spacial score (nSPS) is 12.5. The van der Waals surface area contributed by atoms with E-state index >= 15 is 0 Å². The van der Waals surface area contributed by atoms with E-state index in [4.69, 9.17) is 4.74 Å². The number of nitriles is 1. The molecule has 0 saturated heterocycles. The number of thiol groups is 1. The van der Waals surface area contributed by atoms with Crippen LogP contribution in [0.25, 0.3) is 0 Å². The molecule has 1 atom stereocenters. The highest BCUT2D eigenvalue weighted by atomic mass is 32.2. The zero-order chi connectivity index (χ0) is 23.4. The molecule has 1 amide bonds. The summed E-state index contributed by atoms with van der Waals surface area (Å²) in [7, 11) is -3.76. The number of hydrogen-bond donors (Lipinski definition) is 3. The summed E-state index contributed by atoms with van der Waals surface area (Å²) >= 11 is 4.15. The van der Waals surface area contributed by atoms with Gasteiger partial charge in [0.2, 0.25) is 15.5 Å². The van der Waals surface area contributed by atoms with Gasteiger partial charge in [0.25, 0.3) is 5.91 Å². The van der Waals surface area contributed by atoms with Crippen LogP contribution in [-0.4, -0.2) is 26.0 Å². The molecule has 0 fully saturated rings. The molecule has 7 nitrogen and oxygen atoms in total. The van der Waals surface area contributed by atoms with E-state index in [1.807, 2.05) is 16.9 Å². The van der Waals surface area contributed by atoms with Crippen LogP contribution in [0.4, 0.5) is 10.1 Å². The monoisotopic (exact) mass is 465 g/mol. The number of amides is 1. The minimum atomic E-state index is -3.76. The van der Waals surface area contributed by atoms with Crippen LogP contribution in [0.5, 0.6) is 5.75 Å². The van der Waals surface area contributed by atoms with Crippen LogP contribution < -0.4 is 14.8 Å². The zero-order valence-electron chi connectivity index (χ0n) is 17.6. The number of benzene rings is 2. The van der Waals surface area contributed by atoms with Gasteiger partial charge in [0, 0.05) is 6.54 Å². The predicted octanol–water partition coefficient (Wildman–Crippen LogP) is 3.32. The predicted molar refractivity (Wildman–Crippen MR) is 120 cm³/mol. The van der Waals surface area contributed by atoms with Crippen LogP contribution in [0.2, 0.25) is 0 Å². The van der Waals surface area contributed by atoms with Gasteiger partial charge in [-0.05, 0) is 40.8 Å². The first-order valence-electron chi connectivity index (χ1n) is 9.23. The van der Waals surface area contributed by atoms with Gasteiger partial charge in [-0.25, -0.2) is 12.8 Å². The summed E-state index contributed by atoms with van der Waals surface area (Å²) in [6.07, 6.45) is 0.852. The Morgan fingerprint density at radius 2 is 1.87 bits per heavy atom. The molecule has 0 aromatic heterocycles. The first kappa shape index (κ1) is 24.5. The highest BCUT2D eigenvalue weighted by molar-refractivity contribution is 7.92. The number of carbonyl (C=O) groups excluding carboxylic acids is 1. The van der Waals surface area contributed by atoms with Crippen molar-refractivity contribution in [3.8, 4) is 11.8 Å². The molecule has 0 radical (unpaired) electrons. The Balaban J connectivity index is 2.03. The number of carbonyl (C=O) groups is 1. The van der Waals surface area contributed by atoms with E-state index in [-0.39, 0.29) is 23.1 Å². The van der Waals surface area contributed by atoms with Crippen molar-refractivity contribution in [1.82, 2.24) is 5.32 Å². The number of halogens is 1. The number of anilines is 1. The maximum atomic E-state index is 14.3. The topological polar surface area (TPSA) is 108 Å². The van der Waals surface area contributed by atoms with E-state index < -0.39 is 32.9 Å². The van der Waals surface area contributed by atoms with Gasteiger partial charge in [0.15, 0.2) is 0 Å². The van der Waals surface area contributed by atoms with Crippen molar-refractivity contribution in [2.75, 3.05) is 11.0 Å². The maximum Gasteiger partial charge on any atom is 0.271 e. The summed E-state index contributed by atoms with van der Waals surface area (Å²) in [5, 5.41) is 11.7. The second kappa shape index (κ2) is 9.58. The molecule has 0 aliphatic carbocycles. The van der Waals surface area contributed by atoms with E-state index in [0.717, 1.165) is 17.9 Å². The molecular weight excluding hydrogens is 441 g/mol. The van der Waals surface area contributed by atoms with Crippen molar-refractivity contribution < 1.29 is 22.3 Å². The Kier molecular flexibility index (Phi) is 7.57. The molecule has 0 spiro atoms. The van der Waals surface area contributed by atoms with Crippen molar-refractivity contribution >= 4 is 34.2 Å². The lowest BCUT2D eigenvalue weighted by Gasteiger charge is -2.20. The summed E-state index contributed by atoms with van der Waals surface area (Å²) in [6, 6.07) is 11.4. The van der Waals surface area contributed by atoms with Crippen LogP contribution in [-0.2, 0) is 26.8 Å². The van der Waals surface area contributed by atoms with Crippen molar-refractivity contribution in [1.29, 1.82) is 5.26 Å². The quantitative estimate of drug-likeness (QED) is 0.429. The van der Waals surface area contributed by atoms with E-state index in [1.54, 1.807) is 18.2 Å². The van der Waals surface area contributed by atoms with Crippen molar-refractivity contribution in [2.24, 2.45) is 0 Å². The SMILES string of the molecule is CC(C)(C)c1ccc(OC(S)C(=O)NCc2cc(F)c(NS(C)(=O)=O)c(C#N)c2)cc1. The molecule has 166 valence electrons. The van der Waals surface area contributed by atoms with E-state index in [2.05, 4.69) is 38.7 Å². The molecule has 1 unspecified atom stereocenters. The van der Waals surface area contributed by atoms with Crippen LogP contribution in [0, 0.1) is 17.1 Å². The second-order valence-electron chi connectivity index (χ2n) is 7.95. The Bertz CT molecular complexity index is 1110. The largest absolute Gasteiger partial charge is 0.470 e. The van der Waals surface area contributed by atoms with E-state index in [0.29, 0.717) is 5.75 Å². The van der Waals surface area contributed by atoms with Crippen molar-refractivity contribution in [3.05, 3.63) is 58.9 Å². The van der Waals surface area contributed by atoms with Crippen LogP contribution >= 0.6 is 12.6 Å². The second-order valence-corrected chi connectivity index (χ2v) is 10.2. The molecule has 31 heavy (non-hydrogen) atoms. The van der Waals surface area contributed by atoms with Gasteiger partial charge in [-0.2, -0.15) is 5.26 Å². The molecule has 0 heterocycles. The molecule has 2 rings (SSSR count). The lowest BCUT2D eigenvalue weighted by atomic mass is 9.87. The molecule has 2 N–H and O–H groups in total. The third-order valence-corrected chi connectivity index (χ3v) is 5.13. The summed E-state index contributed by atoms with van der Waals surface area (Å²) < 4.78 is 44.5. The van der Waals surface area contributed by atoms with Gasteiger partial charge in [0.1, 0.15) is 23.3 Å². The highest BCUT2D eigenvalue weighted by Crippen LogP contribution is 2.25. The van der Waals surface area contributed by atoms with Crippen LogP contribution in [0.15, 0.2) is 36.4 Å². The van der Waals surface area contributed by atoms with Gasteiger partial charge in [0.05, 0.1) is 11.8 Å². The average molecular weight is 466 g/mol. The molecule has 2 aromatic rings. The highest BCUT2D eigenvalue weighted by Gasteiger charge is 2.19. The smallest absolute Gasteiger partial charge is 0.271 e. The number of ether oxygens (including phenoxy) is 1. The lowest BCUT2D eigenvalue weighted by molar-refractivity contribution is -0.124. The van der Waals surface area contributed by atoms with Gasteiger partial charge >= 0.3 is 0 Å². The van der Waals surface area contributed by atoms with E-state index in [9.17, 15) is 22.9 Å². The molecule has 0 saturated carbocycles. The molecular formula is C21H24FN3O4S2. The first-order valence-corrected chi connectivity index (χ1v) is 11.6. The van der Waals surface area contributed by atoms with Gasteiger partial charge in [-0.1, -0.05) is 32.9 Å². The van der Waals surface area contributed by atoms with Crippen LogP contribution in [0.1, 0.15) is 37.5 Å². The third-order valence-electron chi connectivity index (χ3n) is 4.22. The Labute approximate surface area is 187 Å². The standard InChI is InChI=1S/C21H24FN3O4S2/c1-21(2,3)15-5-7-16(8-6-15)29-20(30)19(26)24-12-13-9-14(11-23)18(17(22)10-13)25-31(4,27)28/h5-10,20,25,30H,12H2,1-4H3,(H,24,26). The minimum absolute atomic E-state index is 0.0137. The molecule has 10 heteroatoms. The Morgan fingerprint density at radius 3 is 2.39 bits per heavy atom. The van der Waals surface area contributed by atoms with Crippen molar-refractivity contribution in [3.63, 3.8) is 0 Å². The molecule has 0 aliphatic rings. The zero-order valence-corrected chi connectivity index (χ0v) is 19.3. The maximum absolute atomic E-state index is 14.3. The number of nitrogens with zero attached hydrogens (tertiary/aromatic N) is 1. The summed E-state index contributed by atoms with van der Waals surface area (Å²) in [5.41, 5.74) is -0.366. The van der Waals surface area contributed by atoms with Gasteiger partial charge in [-0.3, -0.25) is 9.52 Å².